The van der Waals surface area contributed by atoms with Gasteiger partial charge in [-0.2, -0.15) is 0 Å². The first-order valence-electron chi connectivity index (χ1n) is 17.3. The molecule has 13 heteroatoms. The molecule has 2 fully saturated rings. The molecule has 1 saturated carbocycles. The second-order valence-electron chi connectivity index (χ2n) is 13.1. The van der Waals surface area contributed by atoms with Crippen molar-refractivity contribution >= 4 is 47.7 Å². The molecule has 12 nitrogen and oxygen atoms in total. The Bertz CT molecular complexity index is 969. The largest absolute Gasteiger partial charge is 0.363 e. The molecule has 1 aliphatic heterocycles. The first-order valence-corrected chi connectivity index (χ1v) is 18.2. The molecule has 1 aliphatic carbocycles. The molecule has 3 unspecified atom stereocenters. The van der Waals surface area contributed by atoms with Crippen LogP contribution in [0.1, 0.15) is 121 Å². The van der Waals surface area contributed by atoms with E-state index in [1.54, 1.807) is 11.9 Å². The van der Waals surface area contributed by atoms with Crippen molar-refractivity contribution in [3.8, 4) is 0 Å². The zero-order chi connectivity index (χ0) is 36.9. The molecule has 2 aliphatic rings. The first kappa shape index (κ1) is 46.3. The molecule has 2 rings (SSSR count). The summed E-state index contributed by atoms with van der Waals surface area (Å²) in [5.74, 6) is -1.43. The van der Waals surface area contributed by atoms with Crippen LogP contribution in [0.3, 0.4) is 0 Å². The van der Waals surface area contributed by atoms with E-state index < -0.39 is 34.6 Å². The number of urea groups is 1. The number of carbonyl (C=O) groups excluding carboxylic acids is 6. The Morgan fingerprint density at radius 3 is 2.00 bits per heavy atom. The average molecular weight is 687 g/mol. The van der Waals surface area contributed by atoms with Crippen molar-refractivity contribution in [2.75, 3.05) is 20.1 Å². The average Bonchev–Trinajstić information content (AvgIpc) is 3.35. The maximum absolute atomic E-state index is 13.2. The molecule has 0 radical (unpaired) electrons. The third-order valence-electron chi connectivity index (χ3n) is 7.89. The topological polar surface area (TPSA) is 171 Å². The summed E-state index contributed by atoms with van der Waals surface area (Å²) in [4.78, 5) is 73.2. The molecule has 47 heavy (non-hydrogen) atoms. The third-order valence-corrected chi connectivity index (χ3v) is 9.37. The van der Waals surface area contributed by atoms with Crippen LogP contribution in [0, 0.1) is 11.3 Å². The van der Waals surface area contributed by atoms with Gasteiger partial charge in [-0.15, -0.1) is 11.8 Å². The normalized spacial score (nSPS) is 18.3. The van der Waals surface area contributed by atoms with Crippen molar-refractivity contribution in [1.82, 2.24) is 25.8 Å². The van der Waals surface area contributed by atoms with E-state index >= 15 is 0 Å². The number of nitrogens with one attached hydrogen (secondary N) is 3. The summed E-state index contributed by atoms with van der Waals surface area (Å²) in [6, 6.07) is -0.888. The summed E-state index contributed by atoms with van der Waals surface area (Å²) in [7, 11) is 1.70. The highest BCUT2D eigenvalue weighted by Gasteiger charge is 2.41. The first-order chi connectivity index (χ1) is 22.0. The van der Waals surface area contributed by atoms with Crippen molar-refractivity contribution in [2.24, 2.45) is 17.1 Å². The molecule has 1 heterocycles. The predicted molar refractivity (Wildman–Crippen MR) is 192 cm³/mol. The van der Waals surface area contributed by atoms with Crippen molar-refractivity contribution in [2.45, 2.75) is 150 Å². The van der Waals surface area contributed by atoms with Crippen LogP contribution >= 0.6 is 11.8 Å². The number of primary amides is 1. The lowest BCUT2D eigenvalue weighted by molar-refractivity contribution is -0.136. The number of likely N-dealkylation sites (tertiary alicyclic amines) is 1. The second kappa shape index (κ2) is 24.3. The number of carbonyl (C=O) groups is 6. The van der Waals surface area contributed by atoms with Crippen LogP contribution in [-0.4, -0.2) is 94.6 Å². The van der Waals surface area contributed by atoms with Crippen LogP contribution in [-0.2, 0) is 24.0 Å². The smallest absolute Gasteiger partial charge is 0.315 e. The van der Waals surface area contributed by atoms with Crippen molar-refractivity contribution < 1.29 is 28.8 Å². The Hall–Kier alpha value is -2.83. The minimum Gasteiger partial charge on any atom is -0.363 e. The fourth-order valence-corrected chi connectivity index (χ4v) is 6.07. The lowest BCUT2D eigenvalue weighted by Crippen LogP contribution is -2.58. The van der Waals surface area contributed by atoms with Gasteiger partial charge in [0.1, 0.15) is 11.4 Å². The molecule has 5 N–H and O–H groups in total. The monoisotopic (exact) mass is 686 g/mol. The number of thioether (sulfide) groups is 1. The summed E-state index contributed by atoms with van der Waals surface area (Å²) < 4.78 is 0. The summed E-state index contributed by atoms with van der Waals surface area (Å²) in [5.41, 5.74) is 4.41. The molecule has 0 spiro atoms. The number of likely N-dealkylation sites (N-methyl/N-ethyl adjacent to an activating group) is 1. The standard InChI is InChI=1S/C21H40N4O3.C8H12N2O3S.C3H8.C2H6/c1-9-10-16-11-12-25(15(16)4)19(27)18(21(5,6)7)23-20(28)22-13-17(26)24(8)14(2)3;9-7(13)6(12)8(10-4-11)14-5-2-1-3-5;1-3-2;1-2/h14-16,18H,9-13H2,1-8H3,(H2,22,23,28);4-5,8H,1-3H2,(H2,9,13)(H,10,11);3H2,1-2H3;1-2H3/t15-,16?,18?;;;/m1.../s1. The molecule has 0 aromatic carbocycles. The highest BCUT2D eigenvalue weighted by Crippen LogP contribution is 2.33. The molecular weight excluding hydrogens is 620 g/mol. The number of amides is 6. The van der Waals surface area contributed by atoms with Gasteiger partial charge < -0.3 is 31.5 Å². The van der Waals surface area contributed by atoms with E-state index in [4.69, 9.17) is 5.73 Å². The summed E-state index contributed by atoms with van der Waals surface area (Å²) in [6.07, 6.45) is 8.08. The van der Waals surface area contributed by atoms with Gasteiger partial charge in [0.2, 0.25) is 18.2 Å². The Balaban J connectivity index is 0. The lowest BCUT2D eigenvalue weighted by atomic mass is 9.85. The number of rotatable bonds is 13. The molecule has 0 aromatic rings. The molecular formula is C34H66N6O6S. The Labute approximate surface area is 288 Å². The van der Waals surface area contributed by atoms with E-state index in [9.17, 15) is 28.8 Å². The van der Waals surface area contributed by atoms with Crippen molar-refractivity contribution in [3.63, 3.8) is 0 Å². The van der Waals surface area contributed by atoms with E-state index in [0.29, 0.717) is 17.6 Å². The summed E-state index contributed by atoms with van der Waals surface area (Å²) in [6.45, 7) is 22.8. The van der Waals surface area contributed by atoms with Crippen LogP contribution in [0.2, 0.25) is 0 Å². The zero-order valence-electron chi connectivity index (χ0n) is 31.2. The zero-order valence-corrected chi connectivity index (χ0v) is 32.1. The van der Waals surface area contributed by atoms with Crippen molar-refractivity contribution in [1.29, 1.82) is 0 Å². The molecule has 6 amide bonds. The summed E-state index contributed by atoms with van der Waals surface area (Å²) >= 11 is 1.30. The van der Waals surface area contributed by atoms with E-state index in [0.717, 1.165) is 45.1 Å². The van der Waals surface area contributed by atoms with E-state index in [2.05, 4.69) is 43.6 Å². The number of nitrogens with two attached hydrogens (primary N) is 1. The van der Waals surface area contributed by atoms with E-state index in [1.165, 1.54) is 18.2 Å². The third kappa shape index (κ3) is 17.2. The van der Waals surface area contributed by atoms with Gasteiger partial charge >= 0.3 is 6.03 Å². The minimum atomic E-state index is -1.00. The van der Waals surface area contributed by atoms with Gasteiger partial charge in [-0.3, -0.25) is 24.0 Å². The molecule has 1 saturated heterocycles. The minimum absolute atomic E-state index is 0.0422. The Morgan fingerprint density at radius 2 is 1.60 bits per heavy atom. The molecule has 0 aromatic heterocycles. The van der Waals surface area contributed by atoms with Crippen LogP contribution in [0.15, 0.2) is 0 Å². The number of Topliss-reactive ketones (excluding diaryl/α,β-unsaturated/α-hetero) is 1. The SMILES string of the molecule is CC.CCC.CCCC1CCN(C(=O)C(NC(=O)NCC(=O)N(C)C(C)C)C(C)(C)C)[C@@H]1C.NC(=O)C(=O)C(NC=O)SC1CCC1. The highest BCUT2D eigenvalue weighted by molar-refractivity contribution is 8.01. The maximum Gasteiger partial charge on any atom is 0.315 e. The van der Waals surface area contributed by atoms with Gasteiger partial charge in [0.05, 0.1) is 6.54 Å². The Morgan fingerprint density at radius 1 is 1.04 bits per heavy atom. The quantitative estimate of drug-likeness (QED) is 0.126. The highest BCUT2D eigenvalue weighted by atomic mass is 32.2. The predicted octanol–water partition coefficient (Wildman–Crippen LogP) is 4.45. The fourth-order valence-electron chi connectivity index (χ4n) is 4.70. The second-order valence-corrected chi connectivity index (χ2v) is 14.5. The lowest BCUT2D eigenvalue weighted by Gasteiger charge is -2.35. The van der Waals surface area contributed by atoms with Crippen LogP contribution in [0.25, 0.3) is 0 Å². The van der Waals surface area contributed by atoms with E-state index in [-0.39, 0.29) is 30.4 Å². The van der Waals surface area contributed by atoms with Gasteiger partial charge in [0.15, 0.2) is 0 Å². The van der Waals surface area contributed by atoms with Gasteiger partial charge in [-0.1, -0.05) is 74.7 Å². The van der Waals surface area contributed by atoms with Crippen LogP contribution in [0.5, 0.6) is 0 Å². The number of nitrogens with zero attached hydrogens (tertiary/aromatic N) is 2. The van der Waals surface area contributed by atoms with E-state index in [1.807, 2.05) is 53.4 Å². The molecule has 0 bridgehead atoms. The van der Waals surface area contributed by atoms with Gasteiger partial charge in [0.25, 0.3) is 11.7 Å². The number of hydrogen-bond acceptors (Lipinski definition) is 7. The van der Waals surface area contributed by atoms with Crippen LogP contribution < -0.4 is 21.7 Å². The number of ketones is 1. The van der Waals surface area contributed by atoms with Gasteiger partial charge in [0, 0.05) is 30.9 Å². The van der Waals surface area contributed by atoms with Gasteiger partial charge in [-0.25, -0.2) is 4.79 Å². The maximum atomic E-state index is 13.2. The van der Waals surface area contributed by atoms with Gasteiger partial charge in [-0.05, 0) is 57.8 Å². The fraction of sp³-hybridized carbons (Fsp3) is 0.824. The number of hydrogen-bond donors (Lipinski definition) is 4. The Kier molecular flexibility index (Phi) is 24.0. The molecule has 274 valence electrons. The summed E-state index contributed by atoms with van der Waals surface area (Å²) in [5, 5.41) is 7.25. The van der Waals surface area contributed by atoms with Crippen LogP contribution in [0.4, 0.5) is 4.79 Å². The van der Waals surface area contributed by atoms with Crippen molar-refractivity contribution in [3.05, 3.63) is 0 Å². The molecule has 4 atom stereocenters.